The maximum absolute atomic E-state index is 13.3. The molecule has 0 bridgehead atoms. The average molecular weight is 615 g/mol. The number of urea groups is 1. The lowest BCUT2D eigenvalue weighted by molar-refractivity contribution is -0.131. The molecule has 3 aliphatic rings. The lowest BCUT2D eigenvalue weighted by Gasteiger charge is -2.41. The van der Waals surface area contributed by atoms with Crippen molar-refractivity contribution in [1.82, 2.24) is 15.1 Å². The van der Waals surface area contributed by atoms with E-state index in [2.05, 4.69) is 21.2 Å². The van der Waals surface area contributed by atoms with Gasteiger partial charge in [-0.25, -0.2) is 4.79 Å². The first-order valence-electron chi connectivity index (χ1n) is 12.8. The molecule has 0 saturated carbocycles. The molecule has 0 aliphatic carbocycles. The number of Topliss-reactive ketones (excluding diaryl/α,β-unsaturated/α-hetero) is 1. The van der Waals surface area contributed by atoms with E-state index in [0.717, 1.165) is 10.0 Å². The van der Waals surface area contributed by atoms with Gasteiger partial charge in [-0.15, -0.1) is 11.8 Å². The van der Waals surface area contributed by atoms with Crippen LogP contribution in [0.3, 0.4) is 0 Å². The maximum atomic E-state index is 13.3. The second-order valence-electron chi connectivity index (χ2n) is 9.48. The van der Waals surface area contributed by atoms with Gasteiger partial charge in [-0.1, -0.05) is 46.6 Å². The van der Waals surface area contributed by atoms with Gasteiger partial charge in [-0.3, -0.25) is 19.3 Å². The van der Waals surface area contributed by atoms with Gasteiger partial charge in [-0.05, 0) is 48.1 Å². The molecule has 11 heteroatoms. The molecule has 0 spiro atoms. The van der Waals surface area contributed by atoms with Crippen LogP contribution in [-0.4, -0.2) is 64.6 Å². The van der Waals surface area contributed by atoms with Gasteiger partial charge in [-0.2, -0.15) is 0 Å². The SMILES string of the molecule is O=C(CCCCCN1C(=O)C2SC=CC2N(CC(=O)c2ccc(Br)cc2)C1=O)NCc1ccc2c(c1)OCO2. The number of amides is 4. The van der Waals surface area contributed by atoms with Crippen molar-refractivity contribution < 1.29 is 28.7 Å². The van der Waals surface area contributed by atoms with E-state index in [-0.39, 0.29) is 37.5 Å². The Labute approximate surface area is 239 Å². The van der Waals surface area contributed by atoms with E-state index in [0.29, 0.717) is 49.3 Å². The minimum Gasteiger partial charge on any atom is -0.454 e. The van der Waals surface area contributed by atoms with Crippen molar-refractivity contribution in [2.24, 2.45) is 0 Å². The van der Waals surface area contributed by atoms with Crippen LogP contribution in [0.4, 0.5) is 4.79 Å². The monoisotopic (exact) mass is 613 g/mol. The third kappa shape index (κ3) is 6.30. The summed E-state index contributed by atoms with van der Waals surface area (Å²) in [5, 5.41) is 4.29. The van der Waals surface area contributed by atoms with Gasteiger partial charge in [0, 0.05) is 29.5 Å². The molecule has 1 N–H and O–H groups in total. The van der Waals surface area contributed by atoms with E-state index in [1.165, 1.54) is 21.6 Å². The number of thioether (sulfide) groups is 1. The first-order chi connectivity index (χ1) is 18.9. The summed E-state index contributed by atoms with van der Waals surface area (Å²) in [4.78, 5) is 54.3. The topological polar surface area (TPSA) is 105 Å². The van der Waals surface area contributed by atoms with Gasteiger partial charge >= 0.3 is 6.03 Å². The van der Waals surface area contributed by atoms with Gasteiger partial charge < -0.3 is 19.7 Å². The van der Waals surface area contributed by atoms with Crippen LogP contribution in [-0.2, 0) is 16.1 Å². The summed E-state index contributed by atoms with van der Waals surface area (Å²) in [5.41, 5.74) is 1.44. The molecule has 1 saturated heterocycles. The molecular formula is C28H28BrN3O6S. The molecule has 3 aliphatic heterocycles. The second-order valence-corrected chi connectivity index (χ2v) is 11.4. The molecular weight excluding hydrogens is 586 g/mol. The zero-order valence-electron chi connectivity index (χ0n) is 21.1. The molecule has 2 unspecified atom stereocenters. The number of nitrogens with zero attached hydrogens (tertiary/aromatic N) is 2. The first-order valence-corrected chi connectivity index (χ1v) is 14.5. The molecule has 5 rings (SSSR count). The number of carbonyl (C=O) groups excluding carboxylic acids is 4. The minimum atomic E-state index is -0.444. The Morgan fingerprint density at radius 1 is 1.03 bits per heavy atom. The number of hydrogen-bond acceptors (Lipinski definition) is 7. The number of benzene rings is 2. The quantitative estimate of drug-likeness (QED) is 0.294. The Kier molecular flexibility index (Phi) is 8.56. The smallest absolute Gasteiger partial charge is 0.327 e. The Balaban J connectivity index is 1.08. The van der Waals surface area contributed by atoms with E-state index in [9.17, 15) is 19.2 Å². The van der Waals surface area contributed by atoms with Crippen molar-refractivity contribution in [3.8, 4) is 11.5 Å². The molecule has 1 fully saturated rings. The van der Waals surface area contributed by atoms with Crippen LogP contribution in [0.2, 0.25) is 0 Å². The molecule has 3 heterocycles. The van der Waals surface area contributed by atoms with Gasteiger partial charge in [0.05, 0.1) is 12.6 Å². The van der Waals surface area contributed by atoms with E-state index in [4.69, 9.17) is 9.47 Å². The second kappa shape index (κ2) is 12.3. The number of ether oxygens (including phenoxy) is 2. The summed E-state index contributed by atoms with van der Waals surface area (Å²) in [7, 11) is 0. The predicted molar refractivity (Wildman–Crippen MR) is 149 cm³/mol. The fourth-order valence-electron chi connectivity index (χ4n) is 4.73. The number of rotatable bonds is 11. The van der Waals surface area contributed by atoms with Gasteiger partial charge in [0.15, 0.2) is 17.3 Å². The Morgan fingerprint density at radius 3 is 2.64 bits per heavy atom. The number of nitrogens with one attached hydrogen (secondary N) is 1. The molecule has 2 atom stereocenters. The van der Waals surface area contributed by atoms with Crippen molar-refractivity contribution >= 4 is 51.3 Å². The molecule has 2 aromatic carbocycles. The molecule has 39 heavy (non-hydrogen) atoms. The maximum Gasteiger partial charge on any atom is 0.327 e. The van der Waals surface area contributed by atoms with Crippen LogP contribution in [0, 0.1) is 0 Å². The molecule has 2 aromatic rings. The van der Waals surface area contributed by atoms with Crippen LogP contribution in [0.1, 0.15) is 41.6 Å². The summed E-state index contributed by atoms with van der Waals surface area (Å²) in [6, 6.07) is 11.7. The highest BCUT2D eigenvalue weighted by molar-refractivity contribution is 9.10. The summed E-state index contributed by atoms with van der Waals surface area (Å²) >= 11 is 4.74. The van der Waals surface area contributed by atoms with Crippen molar-refractivity contribution in [3.05, 3.63) is 69.5 Å². The largest absolute Gasteiger partial charge is 0.454 e. The van der Waals surface area contributed by atoms with Crippen molar-refractivity contribution in [2.75, 3.05) is 19.9 Å². The van der Waals surface area contributed by atoms with E-state index in [1.54, 1.807) is 24.3 Å². The van der Waals surface area contributed by atoms with Crippen molar-refractivity contribution in [2.45, 2.75) is 43.5 Å². The van der Waals surface area contributed by atoms with Crippen LogP contribution in [0.25, 0.3) is 0 Å². The van der Waals surface area contributed by atoms with Crippen LogP contribution in [0.15, 0.2) is 58.4 Å². The highest BCUT2D eigenvalue weighted by Crippen LogP contribution is 2.35. The standard InChI is InChI=1S/C28H28BrN3O6S/c29-20-8-6-19(7-9-20)22(33)16-32-21-11-13-39-26(21)27(35)31(28(32)36)12-3-1-2-4-25(34)30-15-18-5-10-23-24(14-18)38-17-37-23/h5-11,13-14,21,26H,1-4,12,15-17H2,(H,30,34). The average Bonchev–Trinajstić information content (AvgIpc) is 3.61. The summed E-state index contributed by atoms with van der Waals surface area (Å²) in [6.45, 7) is 0.761. The van der Waals surface area contributed by atoms with Gasteiger partial charge in [0.2, 0.25) is 18.6 Å². The highest BCUT2D eigenvalue weighted by Gasteiger charge is 2.47. The van der Waals surface area contributed by atoms with Crippen LogP contribution < -0.4 is 14.8 Å². The Bertz CT molecular complexity index is 1300. The number of imide groups is 1. The third-order valence-corrected chi connectivity index (χ3v) is 8.47. The van der Waals surface area contributed by atoms with Gasteiger partial charge in [0.25, 0.3) is 0 Å². The zero-order chi connectivity index (χ0) is 27.4. The summed E-state index contributed by atoms with van der Waals surface area (Å²) in [6.07, 6.45) is 4.07. The fourth-order valence-corrected chi connectivity index (χ4v) is 6.05. The number of halogens is 1. The fraction of sp³-hybridized carbons (Fsp3) is 0.357. The lowest BCUT2D eigenvalue weighted by Crippen LogP contribution is -2.62. The predicted octanol–water partition coefficient (Wildman–Crippen LogP) is 4.50. The van der Waals surface area contributed by atoms with Gasteiger partial charge in [0.1, 0.15) is 5.25 Å². The van der Waals surface area contributed by atoms with E-state index >= 15 is 0 Å². The summed E-state index contributed by atoms with van der Waals surface area (Å²) in [5.74, 6) is 0.910. The molecule has 9 nitrogen and oxygen atoms in total. The minimum absolute atomic E-state index is 0.0632. The number of ketones is 1. The molecule has 4 amide bonds. The summed E-state index contributed by atoms with van der Waals surface area (Å²) < 4.78 is 11.5. The number of unbranched alkanes of at least 4 members (excludes halogenated alkanes) is 2. The number of carbonyl (C=O) groups is 4. The molecule has 204 valence electrons. The normalized spacial score (nSPS) is 19.4. The van der Waals surface area contributed by atoms with Crippen molar-refractivity contribution in [1.29, 1.82) is 0 Å². The zero-order valence-corrected chi connectivity index (χ0v) is 23.5. The van der Waals surface area contributed by atoms with Crippen LogP contribution >= 0.6 is 27.7 Å². The Hall–Kier alpha value is -3.31. The van der Waals surface area contributed by atoms with E-state index in [1.807, 2.05) is 29.7 Å². The molecule has 0 aromatic heterocycles. The third-order valence-electron chi connectivity index (χ3n) is 6.85. The number of fused-ring (bicyclic) bond motifs is 2. The van der Waals surface area contributed by atoms with Crippen molar-refractivity contribution in [3.63, 3.8) is 0 Å². The lowest BCUT2D eigenvalue weighted by atomic mass is 10.0. The first kappa shape index (κ1) is 27.3. The van der Waals surface area contributed by atoms with Crippen LogP contribution in [0.5, 0.6) is 11.5 Å². The van der Waals surface area contributed by atoms with E-state index < -0.39 is 17.3 Å². The molecule has 0 radical (unpaired) electrons. The highest BCUT2D eigenvalue weighted by atomic mass is 79.9. The Morgan fingerprint density at radius 2 is 1.82 bits per heavy atom. The number of hydrogen-bond donors (Lipinski definition) is 1.